The van der Waals surface area contributed by atoms with E-state index < -0.39 is 0 Å². The summed E-state index contributed by atoms with van der Waals surface area (Å²) in [4.78, 5) is 10.8. The largest absolute Gasteiger partial charge is 0.493 e. The van der Waals surface area contributed by atoms with Gasteiger partial charge in [-0.3, -0.25) is 4.98 Å². The van der Waals surface area contributed by atoms with E-state index in [1.54, 1.807) is 12.4 Å². The summed E-state index contributed by atoms with van der Waals surface area (Å²) in [7, 11) is 0. The minimum absolute atomic E-state index is 0.524. The van der Waals surface area contributed by atoms with Gasteiger partial charge >= 0.3 is 0 Å². The van der Waals surface area contributed by atoms with Crippen molar-refractivity contribution in [1.82, 2.24) is 9.97 Å². The van der Waals surface area contributed by atoms with Crippen molar-refractivity contribution in [1.29, 1.82) is 5.26 Å². The Hall–Kier alpha value is -2.13. The van der Waals surface area contributed by atoms with Crippen LogP contribution in [0.1, 0.15) is 24.1 Å². The summed E-state index contributed by atoms with van der Waals surface area (Å²) >= 11 is 3.37. The van der Waals surface area contributed by atoms with Crippen LogP contribution in [0.3, 0.4) is 0 Å². The van der Waals surface area contributed by atoms with E-state index in [0.717, 1.165) is 54.3 Å². The number of halogens is 1. The van der Waals surface area contributed by atoms with Crippen molar-refractivity contribution in [2.45, 2.75) is 19.8 Å². The van der Waals surface area contributed by atoms with E-state index in [2.05, 4.69) is 36.9 Å². The number of hydrogen-bond donors (Lipinski definition) is 0. The molecule has 1 fully saturated rings. The van der Waals surface area contributed by atoms with Gasteiger partial charge in [0.05, 0.1) is 12.2 Å². The molecular weight excluding hydrogens is 368 g/mol. The molecule has 0 spiro atoms. The van der Waals surface area contributed by atoms with Gasteiger partial charge in [0.2, 0.25) is 0 Å². The first-order chi connectivity index (χ1) is 11.7. The number of pyridine rings is 2. The maximum absolute atomic E-state index is 9.30. The van der Waals surface area contributed by atoms with Crippen LogP contribution in [-0.2, 0) is 0 Å². The van der Waals surface area contributed by atoms with Gasteiger partial charge in [0.1, 0.15) is 17.6 Å². The standard InChI is InChI=1S/C18H19BrN4O/c1-13-8-17(2-5-21-13)24-12-14-3-6-23(7-4-14)18-15(10-20)9-16(19)11-22-18/h2,5,8-9,11,14H,3-4,6-7,12H2,1H3. The van der Waals surface area contributed by atoms with Crippen LogP contribution in [0.15, 0.2) is 35.1 Å². The smallest absolute Gasteiger partial charge is 0.146 e. The minimum Gasteiger partial charge on any atom is -0.493 e. The van der Waals surface area contributed by atoms with Crippen LogP contribution in [0.4, 0.5) is 5.82 Å². The lowest BCUT2D eigenvalue weighted by Crippen LogP contribution is -2.36. The van der Waals surface area contributed by atoms with E-state index in [4.69, 9.17) is 4.74 Å². The molecule has 24 heavy (non-hydrogen) atoms. The first-order valence-electron chi connectivity index (χ1n) is 8.02. The Bertz CT molecular complexity index is 751. The van der Waals surface area contributed by atoms with Crippen LogP contribution in [0.25, 0.3) is 0 Å². The third-order valence-electron chi connectivity index (χ3n) is 4.22. The number of aromatic nitrogens is 2. The monoisotopic (exact) mass is 386 g/mol. The van der Waals surface area contributed by atoms with Crippen LogP contribution in [0, 0.1) is 24.2 Å². The van der Waals surface area contributed by atoms with E-state index in [-0.39, 0.29) is 0 Å². The molecule has 1 aliphatic rings. The second kappa shape index (κ2) is 7.63. The molecule has 2 aromatic heterocycles. The number of ether oxygens (including phenoxy) is 1. The van der Waals surface area contributed by atoms with Crippen molar-refractivity contribution in [2.24, 2.45) is 5.92 Å². The van der Waals surface area contributed by atoms with E-state index in [9.17, 15) is 5.26 Å². The Morgan fingerprint density at radius 2 is 2.12 bits per heavy atom. The lowest BCUT2D eigenvalue weighted by atomic mass is 9.97. The molecule has 0 aliphatic carbocycles. The maximum atomic E-state index is 9.30. The lowest BCUT2D eigenvalue weighted by molar-refractivity contribution is 0.222. The maximum Gasteiger partial charge on any atom is 0.146 e. The summed E-state index contributed by atoms with van der Waals surface area (Å²) in [5.74, 6) is 2.19. The fourth-order valence-electron chi connectivity index (χ4n) is 2.90. The molecule has 124 valence electrons. The summed E-state index contributed by atoms with van der Waals surface area (Å²) < 4.78 is 6.73. The van der Waals surface area contributed by atoms with E-state index in [0.29, 0.717) is 11.5 Å². The SMILES string of the molecule is Cc1cc(OCC2CCN(c3ncc(Br)cc3C#N)CC2)ccn1. The van der Waals surface area contributed by atoms with Crippen molar-refractivity contribution in [2.75, 3.05) is 24.6 Å². The number of rotatable bonds is 4. The van der Waals surface area contributed by atoms with E-state index in [1.165, 1.54) is 0 Å². The Morgan fingerprint density at radius 1 is 1.33 bits per heavy atom. The molecule has 6 heteroatoms. The van der Waals surface area contributed by atoms with Crippen LogP contribution in [-0.4, -0.2) is 29.7 Å². The topological polar surface area (TPSA) is 62.0 Å². The highest BCUT2D eigenvalue weighted by Crippen LogP contribution is 2.26. The van der Waals surface area contributed by atoms with Crippen molar-refractivity contribution in [3.63, 3.8) is 0 Å². The van der Waals surface area contributed by atoms with Gasteiger partial charge < -0.3 is 9.64 Å². The highest BCUT2D eigenvalue weighted by molar-refractivity contribution is 9.10. The summed E-state index contributed by atoms with van der Waals surface area (Å²) in [6.45, 7) is 4.47. The molecule has 5 nitrogen and oxygen atoms in total. The summed E-state index contributed by atoms with van der Waals surface area (Å²) in [6.07, 6.45) is 5.59. The summed E-state index contributed by atoms with van der Waals surface area (Å²) in [5, 5.41) is 9.30. The van der Waals surface area contributed by atoms with Crippen LogP contribution >= 0.6 is 15.9 Å². The zero-order chi connectivity index (χ0) is 16.9. The molecule has 0 aromatic carbocycles. The van der Waals surface area contributed by atoms with Gasteiger partial charge in [-0.2, -0.15) is 5.26 Å². The zero-order valence-electron chi connectivity index (χ0n) is 13.6. The van der Waals surface area contributed by atoms with Gasteiger partial charge in [-0.05, 0) is 53.7 Å². The fourth-order valence-corrected chi connectivity index (χ4v) is 3.23. The van der Waals surface area contributed by atoms with Crippen molar-refractivity contribution in [3.05, 3.63) is 46.3 Å². The Balaban J connectivity index is 1.55. The number of anilines is 1. The Labute approximate surface area is 150 Å². The normalized spacial score (nSPS) is 15.1. The molecule has 0 bridgehead atoms. The average Bonchev–Trinajstić information content (AvgIpc) is 2.60. The Morgan fingerprint density at radius 3 is 2.83 bits per heavy atom. The summed E-state index contributed by atoms with van der Waals surface area (Å²) in [5.41, 5.74) is 1.58. The molecule has 0 saturated carbocycles. The van der Waals surface area contributed by atoms with E-state index in [1.807, 2.05) is 25.1 Å². The van der Waals surface area contributed by atoms with Gasteiger partial charge in [-0.15, -0.1) is 0 Å². The molecule has 1 saturated heterocycles. The van der Waals surface area contributed by atoms with Crippen molar-refractivity contribution < 1.29 is 4.74 Å². The third kappa shape index (κ3) is 4.04. The average molecular weight is 387 g/mol. The predicted molar refractivity (Wildman–Crippen MR) is 96.1 cm³/mol. The molecule has 2 aromatic rings. The van der Waals surface area contributed by atoms with Crippen LogP contribution < -0.4 is 9.64 Å². The van der Waals surface area contributed by atoms with Gasteiger partial charge in [0.25, 0.3) is 0 Å². The predicted octanol–water partition coefficient (Wildman–Crippen LogP) is 3.71. The van der Waals surface area contributed by atoms with Gasteiger partial charge in [0.15, 0.2) is 0 Å². The molecule has 0 atom stereocenters. The Kier molecular flexibility index (Phi) is 5.31. The fraction of sp³-hybridized carbons (Fsp3) is 0.389. The number of piperidine rings is 1. The number of nitriles is 1. The molecular formula is C18H19BrN4O. The van der Waals surface area contributed by atoms with Gasteiger partial charge in [0, 0.05) is 41.7 Å². The quantitative estimate of drug-likeness (QED) is 0.800. The van der Waals surface area contributed by atoms with Gasteiger partial charge in [-0.1, -0.05) is 0 Å². The second-order valence-corrected chi connectivity index (χ2v) is 6.93. The van der Waals surface area contributed by atoms with Gasteiger partial charge in [-0.25, -0.2) is 4.98 Å². The van der Waals surface area contributed by atoms with E-state index >= 15 is 0 Å². The lowest BCUT2D eigenvalue weighted by Gasteiger charge is -2.33. The number of hydrogen-bond acceptors (Lipinski definition) is 5. The molecule has 0 N–H and O–H groups in total. The first kappa shape index (κ1) is 16.7. The highest BCUT2D eigenvalue weighted by atomic mass is 79.9. The molecule has 0 unspecified atom stereocenters. The minimum atomic E-state index is 0.524. The van der Waals surface area contributed by atoms with Crippen LogP contribution in [0.2, 0.25) is 0 Å². The highest BCUT2D eigenvalue weighted by Gasteiger charge is 2.22. The molecule has 3 heterocycles. The molecule has 0 radical (unpaired) electrons. The molecule has 3 rings (SSSR count). The zero-order valence-corrected chi connectivity index (χ0v) is 15.2. The summed E-state index contributed by atoms with van der Waals surface area (Å²) in [6, 6.07) is 7.91. The first-order valence-corrected chi connectivity index (χ1v) is 8.81. The number of nitrogens with zero attached hydrogens (tertiary/aromatic N) is 4. The van der Waals surface area contributed by atoms with Crippen molar-refractivity contribution >= 4 is 21.7 Å². The third-order valence-corrected chi connectivity index (χ3v) is 4.66. The number of aryl methyl sites for hydroxylation is 1. The molecule has 0 amide bonds. The molecule has 1 aliphatic heterocycles. The van der Waals surface area contributed by atoms with Crippen molar-refractivity contribution in [3.8, 4) is 11.8 Å². The second-order valence-electron chi connectivity index (χ2n) is 6.01. The van der Waals surface area contributed by atoms with Crippen LogP contribution in [0.5, 0.6) is 5.75 Å².